The van der Waals surface area contributed by atoms with Crippen LogP contribution in [0.1, 0.15) is 40.0 Å². The van der Waals surface area contributed by atoms with Gasteiger partial charge in [0.2, 0.25) is 0 Å². The van der Waals surface area contributed by atoms with Crippen molar-refractivity contribution in [2.75, 3.05) is 0 Å². The molecule has 1 aliphatic carbocycles. The zero-order chi connectivity index (χ0) is 8.06. The molecular formula is C10H18O. The van der Waals surface area contributed by atoms with E-state index in [1.54, 1.807) is 0 Å². The fourth-order valence-electron chi connectivity index (χ4n) is 2.45. The van der Waals surface area contributed by atoms with Gasteiger partial charge in [-0.3, -0.25) is 0 Å². The van der Waals surface area contributed by atoms with Crippen molar-refractivity contribution in [2.45, 2.75) is 51.7 Å². The van der Waals surface area contributed by atoms with E-state index in [0.29, 0.717) is 11.7 Å². The quantitative estimate of drug-likeness (QED) is 0.529. The second kappa shape index (κ2) is 2.22. The SMILES string of the molecule is CC(C)C12CC[C@H](C)C[C@@H]1O2. The highest BCUT2D eigenvalue weighted by Crippen LogP contribution is 2.53. The van der Waals surface area contributed by atoms with Crippen molar-refractivity contribution in [3.63, 3.8) is 0 Å². The van der Waals surface area contributed by atoms with E-state index in [1.165, 1.54) is 19.3 Å². The Balaban J connectivity index is 2.02. The summed E-state index contributed by atoms with van der Waals surface area (Å²) in [6, 6.07) is 0. The van der Waals surface area contributed by atoms with Crippen LogP contribution >= 0.6 is 0 Å². The molecular weight excluding hydrogens is 136 g/mol. The van der Waals surface area contributed by atoms with E-state index in [9.17, 15) is 0 Å². The lowest BCUT2D eigenvalue weighted by Gasteiger charge is -2.24. The van der Waals surface area contributed by atoms with E-state index in [-0.39, 0.29) is 0 Å². The van der Waals surface area contributed by atoms with Crippen LogP contribution < -0.4 is 0 Å². The number of ether oxygens (including phenoxy) is 1. The Hall–Kier alpha value is -0.0400. The van der Waals surface area contributed by atoms with Crippen LogP contribution in [0.4, 0.5) is 0 Å². The molecule has 11 heavy (non-hydrogen) atoms. The maximum atomic E-state index is 5.80. The van der Waals surface area contributed by atoms with Crippen LogP contribution in [0.2, 0.25) is 0 Å². The normalized spacial score (nSPS) is 49.1. The van der Waals surface area contributed by atoms with Crippen molar-refractivity contribution >= 4 is 0 Å². The molecule has 0 aromatic carbocycles. The van der Waals surface area contributed by atoms with Gasteiger partial charge in [-0.05, 0) is 31.1 Å². The van der Waals surface area contributed by atoms with E-state index >= 15 is 0 Å². The smallest absolute Gasteiger partial charge is 0.0971 e. The van der Waals surface area contributed by atoms with Crippen molar-refractivity contribution in [1.82, 2.24) is 0 Å². The minimum atomic E-state index is 0.326. The van der Waals surface area contributed by atoms with Crippen molar-refractivity contribution in [1.29, 1.82) is 0 Å². The summed E-state index contributed by atoms with van der Waals surface area (Å²) in [5.41, 5.74) is 0.326. The Morgan fingerprint density at radius 3 is 2.73 bits per heavy atom. The van der Waals surface area contributed by atoms with Gasteiger partial charge in [-0.1, -0.05) is 20.8 Å². The number of fused-ring (bicyclic) bond motifs is 1. The lowest BCUT2D eigenvalue weighted by molar-refractivity contribution is 0.219. The van der Waals surface area contributed by atoms with Crippen LogP contribution in [0.25, 0.3) is 0 Å². The molecule has 0 radical (unpaired) electrons. The van der Waals surface area contributed by atoms with Crippen molar-refractivity contribution in [2.24, 2.45) is 11.8 Å². The highest BCUT2D eigenvalue weighted by molar-refractivity contribution is 5.07. The second-order valence-corrected chi connectivity index (χ2v) is 4.60. The second-order valence-electron chi connectivity index (χ2n) is 4.60. The van der Waals surface area contributed by atoms with Gasteiger partial charge in [0, 0.05) is 0 Å². The first-order valence-corrected chi connectivity index (χ1v) is 4.83. The molecule has 0 amide bonds. The summed E-state index contributed by atoms with van der Waals surface area (Å²) in [7, 11) is 0. The molecule has 2 fully saturated rings. The van der Waals surface area contributed by atoms with Crippen LogP contribution in [0.15, 0.2) is 0 Å². The summed E-state index contributed by atoms with van der Waals surface area (Å²) in [5, 5.41) is 0. The highest BCUT2D eigenvalue weighted by atomic mass is 16.6. The molecule has 2 aliphatic rings. The van der Waals surface area contributed by atoms with Crippen LogP contribution in [-0.2, 0) is 4.74 Å². The van der Waals surface area contributed by atoms with E-state index in [2.05, 4.69) is 20.8 Å². The van der Waals surface area contributed by atoms with Gasteiger partial charge in [0.25, 0.3) is 0 Å². The van der Waals surface area contributed by atoms with Gasteiger partial charge in [0.05, 0.1) is 11.7 Å². The molecule has 1 heteroatoms. The third kappa shape index (κ3) is 1.01. The predicted molar refractivity (Wildman–Crippen MR) is 45.5 cm³/mol. The number of hydrogen-bond donors (Lipinski definition) is 0. The fraction of sp³-hybridized carbons (Fsp3) is 1.00. The Kier molecular flexibility index (Phi) is 1.54. The lowest BCUT2D eigenvalue weighted by Crippen LogP contribution is -2.28. The molecule has 2 rings (SSSR count). The molecule has 0 bridgehead atoms. The summed E-state index contributed by atoms with van der Waals surface area (Å²) in [5.74, 6) is 1.62. The van der Waals surface area contributed by atoms with Crippen LogP contribution in [0.5, 0.6) is 0 Å². The van der Waals surface area contributed by atoms with E-state index in [0.717, 1.165) is 11.8 Å². The van der Waals surface area contributed by atoms with E-state index in [1.807, 2.05) is 0 Å². The van der Waals surface area contributed by atoms with E-state index < -0.39 is 0 Å². The van der Waals surface area contributed by atoms with Gasteiger partial charge in [-0.15, -0.1) is 0 Å². The van der Waals surface area contributed by atoms with Gasteiger partial charge in [0.15, 0.2) is 0 Å². The Morgan fingerprint density at radius 1 is 1.45 bits per heavy atom. The number of hydrogen-bond acceptors (Lipinski definition) is 1. The molecule has 1 saturated carbocycles. The largest absolute Gasteiger partial charge is 0.366 e. The third-order valence-electron chi connectivity index (χ3n) is 3.47. The average Bonchev–Trinajstić information content (AvgIpc) is 2.62. The van der Waals surface area contributed by atoms with Gasteiger partial charge in [0.1, 0.15) is 0 Å². The summed E-state index contributed by atoms with van der Waals surface area (Å²) in [4.78, 5) is 0. The first-order valence-electron chi connectivity index (χ1n) is 4.83. The van der Waals surface area contributed by atoms with Gasteiger partial charge >= 0.3 is 0 Å². The monoisotopic (exact) mass is 154 g/mol. The number of rotatable bonds is 1. The van der Waals surface area contributed by atoms with E-state index in [4.69, 9.17) is 4.74 Å². The maximum Gasteiger partial charge on any atom is 0.0971 e. The standard InChI is InChI=1S/C10H18O/c1-7(2)10-5-4-8(3)6-9(10)11-10/h7-9H,4-6H2,1-3H3/t8-,9-,10?/m0/s1. The molecule has 1 nitrogen and oxygen atoms in total. The Morgan fingerprint density at radius 2 is 2.18 bits per heavy atom. The minimum Gasteiger partial charge on any atom is -0.366 e. The molecule has 0 N–H and O–H groups in total. The fourth-order valence-corrected chi connectivity index (χ4v) is 2.45. The predicted octanol–water partition coefficient (Wildman–Crippen LogP) is 2.60. The first kappa shape index (κ1) is 7.60. The van der Waals surface area contributed by atoms with Crippen LogP contribution in [0, 0.1) is 11.8 Å². The van der Waals surface area contributed by atoms with Gasteiger partial charge in [-0.2, -0.15) is 0 Å². The lowest BCUT2D eigenvalue weighted by atomic mass is 9.77. The summed E-state index contributed by atoms with van der Waals surface area (Å²) < 4.78 is 5.80. The molecule has 0 aromatic heterocycles. The summed E-state index contributed by atoms with van der Waals surface area (Å²) >= 11 is 0. The van der Waals surface area contributed by atoms with Gasteiger partial charge < -0.3 is 4.74 Å². The molecule has 1 saturated heterocycles. The molecule has 1 heterocycles. The Labute approximate surface area is 69.1 Å². The molecule has 0 spiro atoms. The molecule has 1 unspecified atom stereocenters. The first-order chi connectivity index (χ1) is 5.15. The van der Waals surface area contributed by atoms with Crippen molar-refractivity contribution in [3.8, 4) is 0 Å². The molecule has 0 aromatic rings. The van der Waals surface area contributed by atoms with Crippen molar-refractivity contribution < 1.29 is 4.74 Å². The molecule has 64 valence electrons. The molecule has 3 atom stereocenters. The Bertz CT molecular complexity index is 164. The van der Waals surface area contributed by atoms with Gasteiger partial charge in [-0.25, -0.2) is 0 Å². The highest BCUT2D eigenvalue weighted by Gasteiger charge is 2.59. The summed E-state index contributed by atoms with van der Waals surface area (Å²) in [6.07, 6.45) is 4.59. The van der Waals surface area contributed by atoms with Crippen LogP contribution in [-0.4, -0.2) is 11.7 Å². The average molecular weight is 154 g/mol. The van der Waals surface area contributed by atoms with Crippen LogP contribution in [0.3, 0.4) is 0 Å². The topological polar surface area (TPSA) is 12.5 Å². The molecule has 1 aliphatic heterocycles. The minimum absolute atomic E-state index is 0.326. The number of epoxide rings is 1. The maximum absolute atomic E-state index is 5.80. The zero-order valence-electron chi connectivity index (χ0n) is 7.76. The zero-order valence-corrected chi connectivity index (χ0v) is 7.76. The van der Waals surface area contributed by atoms with Crippen molar-refractivity contribution in [3.05, 3.63) is 0 Å². The third-order valence-corrected chi connectivity index (χ3v) is 3.47. The summed E-state index contributed by atoms with van der Waals surface area (Å²) in [6.45, 7) is 6.91.